The Labute approximate surface area is 111 Å². The van der Waals surface area contributed by atoms with Gasteiger partial charge in [-0.25, -0.2) is 9.97 Å². The van der Waals surface area contributed by atoms with E-state index >= 15 is 0 Å². The molecule has 0 amide bonds. The number of aromatic nitrogens is 2. The number of nitrogens with zero attached hydrogens (tertiary/aromatic N) is 3. The van der Waals surface area contributed by atoms with Gasteiger partial charge in [0.1, 0.15) is 23.2 Å². The molecule has 0 spiro atoms. The Morgan fingerprint density at radius 1 is 1.37 bits per heavy atom. The zero-order chi connectivity index (χ0) is 13.8. The number of nitriles is 1. The molecule has 1 aromatic heterocycles. The van der Waals surface area contributed by atoms with Gasteiger partial charge in [-0.15, -0.1) is 0 Å². The van der Waals surface area contributed by atoms with Crippen molar-refractivity contribution >= 4 is 5.82 Å². The summed E-state index contributed by atoms with van der Waals surface area (Å²) in [7, 11) is 3.37. The second-order valence-corrected chi connectivity index (χ2v) is 4.00. The third kappa shape index (κ3) is 2.47. The molecule has 0 fully saturated rings. The van der Waals surface area contributed by atoms with Crippen molar-refractivity contribution in [3.8, 4) is 23.2 Å². The van der Waals surface area contributed by atoms with Crippen LogP contribution in [0.3, 0.4) is 0 Å². The van der Waals surface area contributed by atoms with Gasteiger partial charge >= 0.3 is 0 Å². The molecule has 19 heavy (non-hydrogen) atoms. The van der Waals surface area contributed by atoms with Gasteiger partial charge in [-0.1, -0.05) is 0 Å². The Bertz CT molecular complexity index is 646. The number of ether oxygens (including phenoxy) is 1. The van der Waals surface area contributed by atoms with Gasteiger partial charge in [0.15, 0.2) is 5.82 Å². The van der Waals surface area contributed by atoms with Gasteiger partial charge in [-0.2, -0.15) is 5.26 Å². The van der Waals surface area contributed by atoms with E-state index in [4.69, 9.17) is 10.00 Å². The lowest BCUT2D eigenvalue weighted by molar-refractivity contribution is 0.412. The first-order valence-electron chi connectivity index (χ1n) is 5.79. The molecule has 5 heteroatoms. The lowest BCUT2D eigenvalue weighted by atomic mass is 10.1. The van der Waals surface area contributed by atoms with Crippen LogP contribution in [0.4, 0.5) is 5.82 Å². The van der Waals surface area contributed by atoms with Crippen molar-refractivity contribution in [3.63, 3.8) is 0 Å². The second-order valence-electron chi connectivity index (χ2n) is 4.00. The summed E-state index contributed by atoms with van der Waals surface area (Å²) in [4.78, 5) is 8.55. The summed E-state index contributed by atoms with van der Waals surface area (Å²) in [5.74, 6) is 1.93. The number of hydrogen-bond donors (Lipinski definition) is 1. The highest BCUT2D eigenvalue weighted by Gasteiger charge is 2.08. The normalized spacial score (nSPS) is 9.79. The third-order valence-electron chi connectivity index (χ3n) is 2.80. The molecule has 2 rings (SSSR count). The molecule has 96 valence electrons. The van der Waals surface area contributed by atoms with Crippen LogP contribution < -0.4 is 10.1 Å². The van der Waals surface area contributed by atoms with E-state index in [1.807, 2.05) is 31.2 Å². The molecule has 0 aliphatic heterocycles. The SMILES string of the molecule is CNc1nc(-c2ccc(OC)c(C)c2)ncc1C#N. The standard InChI is InChI=1S/C14H14N4O/c1-9-6-10(4-5-12(9)19-3)14-17-8-11(7-15)13(16-2)18-14/h4-6,8H,1-3H3,(H,16,17,18). The highest BCUT2D eigenvalue weighted by Crippen LogP contribution is 2.25. The van der Waals surface area contributed by atoms with Crippen molar-refractivity contribution in [2.24, 2.45) is 0 Å². The minimum Gasteiger partial charge on any atom is -0.496 e. The molecule has 0 aliphatic carbocycles. The molecule has 1 aromatic carbocycles. The second kappa shape index (κ2) is 5.36. The summed E-state index contributed by atoms with van der Waals surface area (Å²) in [5, 5.41) is 11.8. The topological polar surface area (TPSA) is 70.8 Å². The van der Waals surface area contributed by atoms with Crippen LogP contribution in [0.25, 0.3) is 11.4 Å². The molecule has 0 aliphatic rings. The molecule has 0 saturated carbocycles. The Balaban J connectivity index is 2.48. The van der Waals surface area contributed by atoms with Crippen molar-refractivity contribution in [2.75, 3.05) is 19.5 Å². The minimum atomic E-state index is 0.427. The number of rotatable bonds is 3. The van der Waals surface area contributed by atoms with Crippen molar-refractivity contribution in [3.05, 3.63) is 35.5 Å². The average molecular weight is 254 g/mol. The maximum absolute atomic E-state index is 8.94. The lowest BCUT2D eigenvalue weighted by Gasteiger charge is -2.08. The molecule has 5 nitrogen and oxygen atoms in total. The van der Waals surface area contributed by atoms with Crippen LogP contribution in [0, 0.1) is 18.3 Å². The Morgan fingerprint density at radius 2 is 2.16 bits per heavy atom. The number of hydrogen-bond acceptors (Lipinski definition) is 5. The quantitative estimate of drug-likeness (QED) is 0.910. The van der Waals surface area contributed by atoms with Crippen LogP contribution in [-0.2, 0) is 0 Å². The fourth-order valence-electron chi connectivity index (χ4n) is 1.81. The van der Waals surface area contributed by atoms with Gasteiger partial charge in [-0.05, 0) is 30.7 Å². The lowest BCUT2D eigenvalue weighted by Crippen LogP contribution is -2.00. The van der Waals surface area contributed by atoms with E-state index in [0.29, 0.717) is 17.2 Å². The maximum atomic E-state index is 8.94. The smallest absolute Gasteiger partial charge is 0.161 e. The van der Waals surface area contributed by atoms with Gasteiger partial charge in [0, 0.05) is 12.6 Å². The largest absolute Gasteiger partial charge is 0.496 e. The van der Waals surface area contributed by atoms with Crippen LogP contribution in [0.15, 0.2) is 24.4 Å². The molecule has 1 N–H and O–H groups in total. The first kappa shape index (κ1) is 12.8. The predicted molar refractivity (Wildman–Crippen MR) is 73.0 cm³/mol. The minimum absolute atomic E-state index is 0.427. The van der Waals surface area contributed by atoms with Crippen LogP contribution in [0.5, 0.6) is 5.75 Å². The molecule has 0 unspecified atom stereocenters. The van der Waals surface area contributed by atoms with Gasteiger partial charge in [-0.3, -0.25) is 0 Å². The van der Waals surface area contributed by atoms with Crippen molar-refractivity contribution in [1.82, 2.24) is 9.97 Å². The maximum Gasteiger partial charge on any atom is 0.161 e. The van der Waals surface area contributed by atoms with Crippen LogP contribution in [-0.4, -0.2) is 24.1 Å². The van der Waals surface area contributed by atoms with Crippen LogP contribution in [0.2, 0.25) is 0 Å². The first-order valence-corrected chi connectivity index (χ1v) is 5.79. The van der Waals surface area contributed by atoms with Gasteiger partial charge < -0.3 is 10.1 Å². The van der Waals surface area contributed by atoms with Crippen LogP contribution >= 0.6 is 0 Å². The summed E-state index contributed by atoms with van der Waals surface area (Å²) in [5.41, 5.74) is 2.33. The molecule has 1 heterocycles. The molecule has 0 saturated heterocycles. The average Bonchev–Trinajstić information content (AvgIpc) is 2.46. The summed E-state index contributed by atoms with van der Waals surface area (Å²) in [6.07, 6.45) is 1.52. The number of anilines is 1. The molecule has 0 bridgehead atoms. The van der Waals surface area contributed by atoms with Gasteiger partial charge in [0.05, 0.1) is 13.3 Å². The van der Waals surface area contributed by atoms with Crippen molar-refractivity contribution < 1.29 is 4.74 Å². The van der Waals surface area contributed by atoms with E-state index in [1.165, 1.54) is 6.20 Å². The zero-order valence-electron chi connectivity index (χ0n) is 11.1. The van der Waals surface area contributed by atoms with E-state index in [9.17, 15) is 0 Å². The third-order valence-corrected chi connectivity index (χ3v) is 2.80. The monoisotopic (exact) mass is 254 g/mol. The molecular weight excluding hydrogens is 240 g/mol. The number of nitrogens with one attached hydrogen (secondary N) is 1. The molecule has 2 aromatic rings. The highest BCUT2D eigenvalue weighted by molar-refractivity contribution is 5.62. The summed E-state index contributed by atoms with van der Waals surface area (Å²) >= 11 is 0. The zero-order valence-corrected chi connectivity index (χ0v) is 11.1. The summed E-state index contributed by atoms with van der Waals surface area (Å²) < 4.78 is 5.22. The highest BCUT2D eigenvalue weighted by atomic mass is 16.5. The van der Waals surface area contributed by atoms with E-state index in [1.54, 1.807) is 14.2 Å². The Kier molecular flexibility index (Phi) is 3.62. The van der Waals surface area contributed by atoms with Crippen molar-refractivity contribution in [2.45, 2.75) is 6.92 Å². The van der Waals surface area contributed by atoms with Crippen LogP contribution in [0.1, 0.15) is 11.1 Å². The fourth-order valence-corrected chi connectivity index (χ4v) is 1.81. The number of aryl methyl sites for hydroxylation is 1. The predicted octanol–water partition coefficient (Wildman–Crippen LogP) is 2.37. The van der Waals surface area contributed by atoms with Gasteiger partial charge in [0.2, 0.25) is 0 Å². The number of benzene rings is 1. The molecular formula is C14H14N4O. The van der Waals surface area contributed by atoms with E-state index < -0.39 is 0 Å². The van der Waals surface area contributed by atoms with Crippen molar-refractivity contribution in [1.29, 1.82) is 5.26 Å². The Hall–Kier alpha value is -2.61. The van der Waals surface area contributed by atoms with Gasteiger partial charge in [0.25, 0.3) is 0 Å². The van der Waals surface area contributed by atoms with E-state index in [0.717, 1.165) is 16.9 Å². The molecule has 0 radical (unpaired) electrons. The Morgan fingerprint density at radius 3 is 2.74 bits per heavy atom. The fraction of sp³-hybridized carbons (Fsp3) is 0.214. The summed E-state index contributed by atoms with van der Waals surface area (Å²) in [6.45, 7) is 1.96. The number of methoxy groups -OCH3 is 1. The van der Waals surface area contributed by atoms with E-state index in [2.05, 4.69) is 15.3 Å². The van der Waals surface area contributed by atoms with E-state index in [-0.39, 0.29) is 0 Å². The molecule has 0 atom stereocenters. The summed E-state index contributed by atoms with van der Waals surface area (Å²) in [6, 6.07) is 7.78. The first-order chi connectivity index (χ1) is 9.19.